The lowest BCUT2D eigenvalue weighted by atomic mass is 10.0. The molecule has 0 bridgehead atoms. The molecule has 1 fully saturated rings. The third-order valence-corrected chi connectivity index (χ3v) is 6.12. The number of aliphatic hydroxyl groups is 4. The molecule has 21 heavy (non-hydrogen) atoms. The SMILES string of the molecule is O=P1(O)[C@H](O)[C@@H](O)[C@@H](O)[C@H](O)[C@@H]1COCc1ccccc1. The zero-order chi connectivity index (χ0) is 15.6. The maximum atomic E-state index is 12.1. The molecule has 1 aliphatic heterocycles. The molecular formula is C13H19O7P. The summed E-state index contributed by atoms with van der Waals surface area (Å²) in [5, 5.41) is 38.4. The van der Waals surface area contributed by atoms with Crippen LogP contribution in [0.15, 0.2) is 30.3 Å². The van der Waals surface area contributed by atoms with Crippen molar-refractivity contribution in [1.82, 2.24) is 0 Å². The summed E-state index contributed by atoms with van der Waals surface area (Å²) >= 11 is 0. The highest BCUT2D eigenvalue weighted by Crippen LogP contribution is 2.56. The van der Waals surface area contributed by atoms with Crippen molar-refractivity contribution in [2.24, 2.45) is 0 Å². The first kappa shape index (κ1) is 16.6. The molecule has 0 amide bonds. The van der Waals surface area contributed by atoms with E-state index in [1.54, 1.807) is 0 Å². The Balaban J connectivity index is 2.02. The van der Waals surface area contributed by atoms with E-state index in [9.17, 15) is 29.9 Å². The largest absolute Gasteiger partial charge is 0.389 e. The van der Waals surface area contributed by atoms with Gasteiger partial charge in [-0.2, -0.15) is 0 Å². The van der Waals surface area contributed by atoms with Crippen LogP contribution in [0.1, 0.15) is 5.56 Å². The van der Waals surface area contributed by atoms with E-state index in [-0.39, 0.29) is 13.2 Å². The molecule has 8 heteroatoms. The highest BCUT2D eigenvalue weighted by atomic mass is 31.2. The standard InChI is InChI=1S/C13H19O7P/c14-10-9(7-20-6-8-4-2-1-3-5-8)21(18,19)13(17)12(16)11(10)15/h1-5,9-17H,6-7H2,(H,18,19)/t9-,10+,11-,12-,13-/m0/s1. The summed E-state index contributed by atoms with van der Waals surface area (Å²) in [6.07, 6.45) is -5.20. The van der Waals surface area contributed by atoms with Gasteiger partial charge in [-0.1, -0.05) is 30.3 Å². The lowest BCUT2D eigenvalue weighted by Gasteiger charge is -2.41. The topological polar surface area (TPSA) is 127 Å². The first-order chi connectivity index (χ1) is 9.85. The maximum absolute atomic E-state index is 12.1. The molecule has 0 radical (unpaired) electrons. The molecule has 2 rings (SSSR count). The molecule has 1 aromatic carbocycles. The van der Waals surface area contributed by atoms with Crippen molar-refractivity contribution < 1.29 is 34.6 Å². The minimum Gasteiger partial charge on any atom is -0.389 e. The van der Waals surface area contributed by atoms with E-state index in [2.05, 4.69) is 0 Å². The van der Waals surface area contributed by atoms with Crippen molar-refractivity contribution in [2.75, 3.05) is 6.61 Å². The van der Waals surface area contributed by atoms with Crippen LogP contribution in [0.3, 0.4) is 0 Å². The third kappa shape index (κ3) is 3.35. The monoisotopic (exact) mass is 318 g/mol. The second-order valence-electron chi connectivity index (χ2n) is 5.13. The molecule has 1 aliphatic rings. The smallest absolute Gasteiger partial charge is 0.238 e. The molecule has 0 aliphatic carbocycles. The first-order valence-corrected chi connectivity index (χ1v) is 8.31. The summed E-state index contributed by atoms with van der Waals surface area (Å²) in [5.74, 6) is -2.00. The fourth-order valence-electron chi connectivity index (χ4n) is 2.32. The summed E-state index contributed by atoms with van der Waals surface area (Å²) in [4.78, 5) is 9.85. The van der Waals surface area contributed by atoms with Gasteiger partial charge >= 0.3 is 0 Å². The van der Waals surface area contributed by atoms with Gasteiger partial charge in [0.25, 0.3) is 0 Å². The molecular weight excluding hydrogens is 299 g/mol. The van der Waals surface area contributed by atoms with E-state index in [1.807, 2.05) is 30.3 Å². The molecule has 5 N–H and O–H groups in total. The Morgan fingerprint density at radius 3 is 2.24 bits per heavy atom. The zero-order valence-corrected chi connectivity index (χ0v) is 12.1. The minimum absolute atomic E-state index is 0.165. The Hall–Kier alpha value is -0.790. The lowest BCUT2D eigenvalue weighted by molar-refractivity contribution is -0.108. The Morgan fingerprint density at radius 1 is 1.00 bits per heavy atom. The lowest BCUT2D eigenvalue weighted by Crippen LogP contribution is -2.56. The van der Waals surface area contributed by atoms with Gasteiger partial charge in [-0.25, -0.2) is 0 Å². The van der Waals surface area contributed by atoms with Gasteiger partial charge in [0.05, 0.1) is 25.0 Å². The van der Waals surface area contributed by atoms with Crippen molar-refractivity contribution >= 4 is 7.37 Å². The molecule has 6 atom stereocenters. The van der Waals surface area contributed by atoms with Gasteiger partial charge in [0.2, 0.25) is 7.37 Å². The second kappa shape index (κ2) is 6.54. The molecule has 0 saturated carbocycles. The van der Waals surface area contributed by atoms with Gasteiger partial charge in [-0.3, -0.25) is 4.57 Å². The summed E-state index contributed by atoms with van der Waals surface area (Å²) in [5.41, 5.74) is -0.508. The van der Waals surface area contributed by atoms with Crippen LogP contribution in [0.5, 0.6) is 0 Å². The van der Waals surface area contributed by atoms with E-state index in [4.69, 9.17) is 4.74 Å². The van der Waals surface area contributed by atoms with Crippen molar-refractivity contribution in [3.05, 3.63) is 35.9 Å². The number of benzene rings is 1. The number of hydrogen-bond donors (Lipinski definition) is 5. The van der Waals surface area contributed by atoms with Crippen LogP contribution in [-0.2, 0) is 15.9 Å². The highest BCUT2D eigenvalue weighted by Gasteiger charge is 2.55. The maximum Gasteiger partial charge on any atom is 0.238 e. The Kier molecular flexibility index (Phi) is 5.16. The first-order valence-electron chi connectivity index (χ1n) is 6.51. The third-order valence-electron chi connectivity index (χ3n) is 3.65. The summed E-state index contributed by atoms with van der Waals surface area (Å²) in [7, 11) is -4.29. The molecule has 1 unspecified atom stereocenters. The Labute approximate surface area is 121 Å². The summed E-state index contributed by atoms with van der Waals surface area (Å²) < 4.78 is 17.4. The van der Waals surface area contributed by atoms with Crippen molar-refractivity contribution in [2.45, 2.75) is 36.4 Å². The number of ether oxygens (including phenoxy) is 1. The van der Waals surface area contributed by atoms with Crippen molar-refractivity contribution in [1.29, 1.82) is 0 Å². The van der Waals surface area contributed by atoms with Gasteiger partial charge in [-0.15, -0.1) is 0 Å². The fraction of sp³-hybridized carbons (Fsp3) is 0.538. The van der Waals surface area contributed by atoms with E-state index in [0.717, 1.165) is 5.56 Å². The van der Waals surface area contributed by atoms with E-state index >= 15 is 0 Å². The molecule has 0 aromatic heterocycles. The van der Waals surface area contributed by atoms with Gasteiger partial charge in [0.15, 0.2) is 5.85 Å². The molecule has 7 nitrogen and oxygen atoms in total. The zero-order valence-electron chi connectivity index (χ0n) is 11.2. The van der Waals surface area contributed by atoms with Crippen molar-refractivity contribution in [3.63, 3.8) is 0 Å². The predicted molar refractivity (Wildman–Crippen MR) is 73.7 cm³/mol. The van der Waals surface area contributed by atoms with Crippen LogP contribution in [0.2, 0.25) is 0 Å². The minimum atomic E-state index is -4.29. The van der Waals surface area contributed by atoms with Crippen molar-refractivity contribution in [3.8, 4) is 0 Å². The van der Waals surface area contributed by atoms with E-state index in [1.165, 1.54) is 0 Å². The van der Waals surface area contributed by atoms with E-state index in [0.29, 0.717) is 0 Å². The van der Waals surface area contributed by atoms with Crippen LogP contribution in [0, 0.1) is 0 Å². The summed E-state index contributed by atoms with van der Waals surface area (Å²) in [6, 6.07) is 9.08. The molecule has 1 saturated heterocycles. The average molecular weight is 318 g/mol. The quantitative estimate of drug-likeness (QED) is 0.462. The van der Waals surface area contributed by atoms with E-state index < -0.39 is 37.2 Å². The fourth-order valence-corrected chi connectivity index (χ4v) is 4.26. The number of rotatable bonds is 4. The molecule has 0 spiro atoms. The highest BCUT2D eigenvalue weighted by molar-refractivity contribution is 7.59. The predicted octanol–water partition coefficient (Wildman–Crippen LogP) is -0.743. The number of hydrogen-bond acceptors (Lipinski definition) is 6. The van der Waals surface area contributed by atoms with Gasteiger partial charge in [0.1, 0.15) is 12.2 Å². The van der Waals surface area contributed by atoms with Gasteiger partial charge in [0, 0.05) is 0 Å². The van der Waals surface area contributed by atoms with Gasteiger partial charge < -0.3 is 30.1 Å². The average Bonchev–Trinajstić information content (AvgIpc) is 2.48. The van der Waals surface area contributed by atoms with Crippen LogP contribution in [0.4, 0.5) is 0 Å². The molecule has 118 valence electrons. The van der Waals surface area contributed by atoms with Crippen LogP contribution < -0.4 is 0 Å². The van der Waals surface area contributed by atoms with Crippen LogP contribution in [0.25, 0.3) is 0 Å². The Morgan fingerprint density at radius 2 is 1.62 bits per heavy atom. The van der Waals surface area contributed by atoms with Gasteiger partial charge in [-0.05, 0) is 5.56 Å². The molecule has 1 aromatic rings. The number of aliphatic hydroxyl groups excluding tert-OH is 4. The Bertz CT molecular complexity index is 509. The summed E-state index contributed by atoms with van der Waals surface area (Å²) in [6.45, 7) is -0.149. The van der Waals surface area contributed by atoms with Crippen LogP contribution in [-0.4, -0.2) is 61.7 Å². The molecule has 1 heterocycles. The van der Waals surface area contributed by atoms with Crippen LogP contribution >= 0.6 is 7.37 Å². The normalized spacial score (nSPS) is 40.1. The second-order valence-corrected chi connectivity index (χ2v) is 7.66.